The van der Waals surface area contributed by atoms with Crippen LogP contribution < -0.4 is 19.7 Å². The van der Waals surface area contributed by atoms with Crippen LogP contribution in [0.1, 0.15) is 62.0 Å². The van der Waals surface area contributed by atoms with Crippen LogP contribution in [0.2, 0.25) is 0 Å². The predicted octanol–water partition coefficient (Wildman–Crippen LogP) is 0.266. The Morgan fingerprint density at radius 3 is 2.18 bits per heavy atom. The van der Waals surface area contributed by atoms with Gasteiger partial charge in [0.2, 0.25) is 23.1 Å². The van der Waals surface area contributed by atoms with Crippen LogP contribution in [-0.2, 0) is 47.5 Å². The van der Waals surface area contributed by atoms with Crippen molar-refractivity contribution in [1.82, 2.24) is 10.4 Å². The fourth-order valence-corrected chi connectivity index (χ4v) is 9.50. The highest BCUT2D eigenvalue weighted by atomic mass is 32.2. The zero-order chi connectivity index (χ0) is 43.7. The third-order valence-corrected chi connectivity index (χ3v) is 13.2. The van der Waals surface area contributed by atoms with Gasteiger partial charge in [0.25, 0.3) is 0 Å². The highest BCUT2D eigenvalue weighted by molar-refractivity contribution is 8.14. The van der Waals surface area contributed by atoms with E-state index in [9.17, 15) is 30.0 Å². The average molecular weight is 877 g/mol. The van der Waals surface area contributed by atoms with Gasteiger partial charge in [-0.2, -0.15) is 5.48 Å². The first-order chi connectivity index (χ1) is 28.6. The molecule has 0 bridgehead atoms. The number of likely N-dealkylation sites (N-methyl/N-ethyl adjacent to an activating group) is 1. The van der Waals surface area contributed by atoms with E-state index in [1.54, 1.807) is 32.6 Å². The van der Waals surface area contributed by atoms with Gasteiger partial charge in [-0.05, 0) is 45.7 Å². The van der Waals surface area contributed by atoms with E-state index >= 15 is 0 Å². The van der Waals surface area contributed by atoms with Gasteiger partial charge in [0.1, 0.15) is 30.5 Å². The van der Waals surface area contributed by atoms with Crippen molar-refractivity contribution in [3.63, 3.8) is 0 Å². The molecule has 0 aromatic heterocycles. The third-order valence-electron chi connectivity index (χ3n) is 11.9. The second-order valence-corrected chi connectivity index (χ2v) is 16.6. The number of fused-ring (bicyclic) bond motifs is 1. The quantitative estimate of drug-likeness (QED) is 0.117. The first kappa shape index (κ1) is 47.0. The number of rotatable bonds is 15. The number of aliphatic hydroxyl groups excluding tert-OH is 4. The number of hydroxylamine groups is 1. The van der Waals surface area contributed by atoms with Crippen molar-refractivity contribution in [2.75, 3.05) is 41.6 Å². The van der Waals surface area contributed by atoms with Gasteiger partial charge >= 0.3 is 0 Å². The maximum Gasteiger partial charge on any atom is 0.231 e. The van der Waals surface area contributed by atoms with Gasteiger partial charge in [0.05, 0.1) is 68.1 Å². The standard InChI is InChI=1S/C39H60N2O18S/c1-11-41(19(6)42)20-14-52-23(13-22(20)48-7)55-32-27(44)26(17(4)54-36(32)46)40-59-24-12-21(43)35(18(5)53-24)60-37(47)25-15(2)16(3)29(33(51-10)30(25)49-8)56-38-28(45)31(50-9)34-39(57-34)58-38/h17-18,20-24,26-28,31-32,34-36,38-40,43-46H,11-14H2,1-10H3. The molecule has 5 fully saturated rings. The van der Waals surface area contributed by atoms with Crippen LogP contribution >= 0.6 is 11.8 Å². The van der Waals surface area contributed by atoms with Crippen molar-refractivity contribution >= 4 is 22.8 Å². The van der Waals surface area contributed by atoms with Crippen LogP contribution in [0.4, 0.5) is 0 Å². The molecule has 1 aromatic carbocycles. The zero-order valence-electron chi connectivity index (χ0n) is 35.5. The van der Waals surface area contributed by atoms with Crippen molar-refractivity contribution in [2.45, 2.75) is 158 Å². The van der Waals surface area contributed by atoms with Gasteiger partial charge in [-0.1, -0.05) is 11.8 Å². The van der Waals surface area contributed by atoms with E-state index in [0.29, 0.717) is 17.7 Å². The topological polar surface area (TPSA) is 244 Å². The van der Waals surface area contributed by atoms with Crippen LogP contribution in [0.25, 0.3) is 0 Å². The Balaban J connectivity index is 1.06. The molecule has 5 aliphatic rings. The van der Waals surface area contributed by atoms with Crippen LogP contribution in [0.5, 0.6) is 17.2 Å². The van der Waals surface area contributed by atoms with Gasteiger partial charge in [-0.3, -0.25) is 14.4 Å². The number of hydrogen-bond acceptors (Lipinski definition) is 20. The summed E-state index contributed by atoms with van der Waals surface area (Å²) >= 11 is 0.876. The Hall–Kier alpha value is -2.45. The monoisotopic (exact) mass is 876 g/mol. The number of ether oxygens (including phenoxy) is 11. The second kappa shape index (κ2) is 19.9. The number of methoxy groups -OCH3 is 4. The number of hydrogen-bond donors (Lipinski definition) is 5. The summed E-state index contributed by atoms with van der Waals surface area (Å²) in [6.07, 6.45) is -12.7. The molecule has 1 amide bonds. The number of carbonyl (C=O) groups is 2. The third kappa shape index (κ3) is 9.55. The van der Waals surface area contributed by atoms with Gasteiger partial charge in [-0.25, -0.2) is 0 Å². The molecule has 5 aliphatic heterocycles. The molecule has 6 rings (SSSR count). The molecule has 5 heterocycles. The number of amides is 1. The van der Waals surface area contributed by atoms with Gasteiger partial charge in [0, 0.05) is 40.5 Å². The van der Waals surface area contributed by atoms with Crippen molar-refractivity contribution < 1.29 is 87.0 Å². The Bertz CT molecular complexity index is 1650. The number of nitrogens with zero attached hydrogens (tertiary/aromatic N) is 1. The average Bonchev–Trinajstić information content (AvgIpc) is 3.99. The maximum absolute atomic E-state index is 14.1. The molecule has 0 radical (unpaired) electrons. The van der Waals surface area contributed by atoms with Crippen molar-refractivity contribution in [3.05, 3.63) is 16.7 Å². The van der Waals surface area contributed by atoms with Crippen molar-refractivity contribution in [2.24, 2.45) is 0 Å². The van der Waals surface area contributed by atoms with Gasteiger partial charge in [-0.15, -0.1) is 0 Å². The lowest BCUT2D eigenvalue weighted by Gasteiger charge is -2.45. The highest BCUT2D eigenvalue weighted by Crippen LogP contribution is 2.49. The van der Waals surface area contributed by atoms with E-state index in [0.717, 1.165) is 11.8 Å². The van der Waals surface area contributed by atoms with Gasteiger partial charge < -0.3 is 77.4 Å². The van der Waals surface area contributed by atoms with Crippen molar-refractivity contribution in [1.29, 1.82) is 0 Å². The minimum absolute atomic E-state index is 0.0452. The van der Waals surface area contributed by atoms with E-state index in [1.165, 1.54) is 35.4 Å². The normalized spacial score (nSPS) is 39.1. The lowest BCUT2D eigenvalue weighted by Crippen LogP contribution is -2.64. The zero-order valence-corrected chi connectivity index (χ0v) is 36.3. The van der Waals surface area contributed by atoms with E-state index < -0.39 is 103 Å². The second-order valence-electron chi connectivity index (χ2n) is 15.5. The van der Waals surface area contributed by atoms with Crippen molar-refractivity contribution in [3.8, 4) is 17.2 Å². The van der Waals surface area contributed by atoms with E-state index in [4.69, 9.17) is 56.9 Å². The molecular formula is C39H60N2O18S. The van der Waals surface area contributed by atoms with Crippen LogP contribution in [0.3, 0.4) is 0 Å². The number of aliphatic hydroxyl groups is 4. The molecule has 17 unspecified atom stereocenters. The lowest BCUT2D eigenvalue weighted by molar-refractivity contribution is -0.326. The Morgan fingerprint density at radius 2 is 1.57 bits per heavy atom. The molecule has 60 heavy (non-hydrogen) atoms. The molecule has 5 N–H and O–H groups in total. The summed E-state index contributed by atoms with van der Waals surface area (Å²) in [6, 6.07) is -1.25. The van der Waals surface area contributed by atoms with Crippen LogP contribution in [-0.4, -0.2) is 182 Å². The predicted molar refractivity (Wildman–Crippen MR) is 208 cm³/mol. The van der Waals surface area contributed by atoms with Gasteiger partial charge in [0.15, 0.2) is 36.7 Å². The number of benzene rings is 1. The first-order valence-corrected chi connectivity index (χ1v) is 20.9. The molecule has 340 valence electrons. The Labute approximate surface area is 353 Å². The summed E-state index contributed by atoms with van der Waals surface area (Å²) in [5, 5.41) is 43.3. The summed E-state index contributed by atoms with van der Waals surface area (Å²) < 4.78 is 63.6. The molecule has 5 saturated heterocycles. The maximum atomic E-state index is 14.1. The SMILES string of the molecule is CCN(C(C)=O)C1COC(OC2C(O)OC(C)C(NOC3CC(O)C(SC(=O)c4c(C)c(C)c(OC5OC6OC6C(OC)C5O)c(OC)c4OC)C(C)O3)C2O)CC1OC. The Kier molecular flexibility index (Phi) is 15.6. The fourth-order valence-electron chi connectivity index (χ4n) is 8.37. The number of thioether (sulfide) groups is 1. The van der Waals surface area contributed by atoms with E-state index in [1.807, 2.05) is 6.92 Å². The molecule has 21 heteroatoms. The number of carbonyl (C=O) groups excluding carboxylic acids is 2. The summed E-state index contributed by atoms with van der Waals surface area (Å²) in [4.78, 5) is 33.8. The Morgan fingerprint density at radius 1 is 0.850 bits per heavy atom. The molecule has 20 nitrogen and oxygen atoms in total. The molecule has 0 saturated carbocycles. The molecule has 0 aliphatic carbocycles. The highest BCUT2D eigenvalue weighted by Gasteiger charge is 2.58. The number of nitrogens with one attached hydrogen (secondary N) is 1. The molecular weight excluding hydrogens is 816 g/mol. The molecule has 1 aromatic rings. The van der Waals surface area contributed by atoms with E-state index in [-0.39, 0.29) is 54.2 Å². The van der Waals surface area contributed by atoms with Crippen LogP contribution in [0, 0.1) is 13.8 Å². The van der Waals surface area contributed by atoms with Crippen LogP contribution in [0.15, 0.2) is 0 Å². The molecule has 0 spiro atoms. The number of epoxide rings is 1. The summed E-state index contributed by atoms with van der Waals surface area (Å²) in [5.74, 6) is 0.288. The molecule has 17 atom stereocenters. The summed E-state index contributed by atoms with van der Waals surface area (Å²) in [5.41, 5.74) is 4.03. The minimum Gasteiger partial charge on any atom is -0.492 e. The smallest absolute Gasteiger partial charge is 0.231 e. The van der Waals surface area contributed by atoms with E-state index in [2.05, 4.69) is 5.48 Å². The first-order valence-electron chi connectivity index (χ1n) is 20.1. The lowest BCUT2D eigenvalue weighted by atomic mass is 9.97. The summed E-state index contributed by atoms with van der Waals surface area (Å²) in [7, 11) is 5.79. The fraction of sp³-hybridized carbons (Fsp3) is 0.795. The summed E-state index contributed by atoms with van der Waals surface area (Å²) in [6.45, 7) is 10.7. The largest absolute Gasteiger partial charge is 0.492 e. The minimum atomic E-state index is -1.50.